The predicted octanol–water partition coefficient (Wildman–Crippen LogP) is 3.82. The SMILES string of the molecule is C[C@H](C(=O)N[C@H]1CCCN[C@H]1c1ccccc1)c1ccccc1.Cl. The van der Waals surface area contributed by atoms with Crippen molar-refractivity contribution >= 4 is 18.3 Å². The van der Waals surface area contributed by atoms with E-state index in [-0.39, 0.29) is 36.3 Å². The largest absolute Gasteiger partial charge is 0.351 e. The molecule has 0 aromatic heterocycles. The van der Waals surface area contributed by atoms with Crippen molar-refractivity contribution in [3.63, 3.8) is 0 Å². The average Bonchev–Trinajstić information content (AvgIpc) is 2.63. The first-order valence-corrected chi connectivity index (χ1v) is 8.39. The van der Waals surface area contributed by atoms with Gasteiger partial charge in [-0.25, -0.2) is 0 Å². The van der Waals surface area contributed by atoms with Crippen molar-refractivity contribution in [3.05, 3.63) is 71.8 Å². The highest BCUT2D eigenvalue weighted by Crippen LogP contribution is 2.24. The molecule has 3 nitrogen and oxygen atoms in total. The molecule has 1 saturated heterocycles. The molecule has 2 aromatic rings. The van der Waals surface area contributed by atoms with Gasteiger partial charge in [0, 0.05) is 6.04 Å². The molecule has 0 aliphatic carbocycles. The normalized spacial score (nSPS) is 21.4. The standard InChI is InChI=1S/C20H24N2O.ClH/c1-15(16-9-4-2-5-10-16)20(23)22-18-13-8-14-21-19(18)17-11-6-3-7-12-17;/h2-7,9-12,15,18-19,21H,8,13-14H2,1H3,(H,22,23);1H/t15-,18-,19-;/m0./s1. The van der Waals surface area contributed by atoms with Gasteiger partial charge in [-0.2, -0.15) is 0 Å². The van der Waals surface area contributed by atoms with E-state index in [1.807, 2.05) is 43.3 Å². The highest BCUT2D eigenvalue weighted by Gasteiger charge is 2.28. The summed E-state index contributed by atoms with van der Waals surface area (Å²) in [6.07, 6.45) is 2.10. The van der Waals surface area contributed by atoms with Gasteiger partial charge in [0.25, 0.3) is 0 Å². The summed E-state index contributed by atoms with van der Waals surface area (Å²) in [6, 6.07) is 20.7. The summed E-state index contributed by atoms with van der Waals surface area (Å²) in [7, 11) is 0. The molecule has 2 aromatic carbocycles. The number of carbonyl (C=O) groups is 1. The highest BCUT2D eigenvalue weighted by molar-refractivity contribution is 5.85. The van der Waals surface area contributed by atoms with E-state index in [0.717, 1.165) is 24.9 Å². The van der Waals surface area contributed by atoms with Gasteiger partial charge in [-0.05, 0) is 37.4 Å². The van der Waals surface area contributed by atoms with Crippen LogP contribution in [0.1, 0.15) is 42.9 Å². The van der Waals surface area contributed by atoms with Crippen LogP contribution >= 0.6 is 12.4 Å². The molecule has 1 amide bonds. The molecule has 1 aliphatic rings. The first kappa shape index (κ1) is 18.5. The molecule has 0 saturated carbocycles. The molecule has 2 N–H and O–H groups in total. The van der Waals surface area contributed by atoms with E-state index in [2.05, 4.69) is 34.9 Å². The van der Waals surface area contributed by atoms with E-state index in [9.17, 15) is 4.79 Å². The van der Waals surface area contributed by atoms with Gasteiger partial charge in [0.15, 0.2) is 0 Å². The maximum absolute atomic E-state index is 12.6. The van der Waals surface area contributed by atoms with Gasteiger partial charge in [0.05, 0.1) is 12.0 Å². The van der Waals surface area contributed by atoms with Gasteiger partial charge in [-0.1, -0.05) is 60.7 Å². The summed E-state index contributed by atoms with van der Waals surface area (Å²) >= 11 is 0. The molecular weight excluding hydrogens is 320 g/mol. The Morgan fingerprint density at radius 3 is 2.38 bits per heavy atom. The monoisotopic (exact) mass is 344 g/mol. The van der Waals surface area contributed by atoms with Crippen LogP contribution in [0.3, 0.4) is 0 Å². The van der Waals surface area contributed by atoms with Crippen molar-refractivity contribution < 1.29 is 4.79 Å². The second-order valence-electron chi connectivity index (χ2n) is 6.23. The predicted molar refractivity (Wildman–Crippen MR) is 100 cm³/mol. The summed E-state index contributed by atoms with van der Waals surface area (Å²) in [4.78, 5) is 12.6. The number of piperidine rings is 1. The zero-order valence-electron chi connectivity index (χ0n) is 13.9. The van der Waals surface area contributed by atoms with Gasteiger partial charge in [0.2, 0.25) is 5.91 Å². The van der Waals surface area contributed by atoms with Crippen LogP contribution in [-0.4, -0.2) is 18.5 Å². The number of hydrogen-bond acceptors (Lipinski definition) is 2. The summed E-state index contributed by atoms with van der Waals surface area (Å²) in [5.74, 6) is -0.0274. The van der Waals surface area contributed by atoms with Gasteiger partial charge in [-0.3, -0.25) is 4.79 Å². The smallest absolute Gasteiger partial charge is 0.227 e. The lowest BCUT2D eigenvalue weighted by Crippen LogP contribution is -2.49. The van der Waals surface area contributed by atoms with Crippen molar-refractivity contribution in [2.45, 2.75) is 37.8 Å². The lowest BCUT2D eigenvalue weighted by molar-refractivity contribution is -0.123. The van der Waals surface area contributed by atoms with Crippen LogP contribution in [0.4, 0.5) is 0 Å². The molecule has 1 aliphatic heterocycles. The van der Waals surface area contributed by atoms with E-state index in [4.69, 9.17) is 0 Å². The molecule has 1 heterocycles. The maximum Gasteiger partial charge on any atom is 0.227 e. The van der Waals surface area contributed by atoms with Crippen molar-refractivity contribution in [2.75, 3.05) is 6.54 Å². The first-order chi connectivity index (χ1) is 11.3. The lowest BCUT2D eigenvalue weighted by Gasteiger charge is -2.34. The van der Waals surface area contributed by atoms with Gasteiger partial charge in [0.1, 0.15) is 0 Å². The van der Waals surface area contributed by atoms with Crippen LogP contribution in [0.25, 0.3) is 0 Å². The second-order valence-corrected chi connectivity index (χ2v) is 6.23. The van der Waals surface area contributed by atoms with E-state index >= 15 is 0 Å². The number of rotatable bonds is 4. The van der Waals surface area contributed by atoms with Crippen molar-refractivity contribution in [2.24, 2.45) is 0 Å². The molecule has 0 bridgehead atoms. The highest BCUT2D eigenvalue weighted by atomic mass is 35.5. The van der Waals surface area contributed by atoms with Crippen molar-refractivity contribution in [1.29, 1.82) is 0 Å². The van der Waals surface area contributed by atoms with E-state index in [1.54, 1.807) is 0 Å². The fourth-order valence-electron chi connectivity index (χ4n) is 3.26. The van der Waals surface area contributed by atoms with E-state index in [0.29, 0.717) is 0 Å². The Labute approximate surface area is 150 Å². The zero-order valence-corrected chi connectivity index (χ0v) is 14.8. The number of benzene rings is 2. The molecule has 0 radical (unpaired) electrons. The minimum atomic E-state index is -0.130. The van der Waals surface area contributed by atoms with Crippen LogP contribution in [-0.2, 0) is 4.79 Å². The number of amides is 1. The molecule has 3 atom stereocenters. The molecular formula is C20H25ClN2O. The maximum atomic E-state index is 12.6. The Balaban J connectivity index is 0.00000208. The Hall–Kier alpha value is -1.84. The van der Waals surface area contributed by atoms with Crippen molar-refractivity contribution in [1.82, 2.24) is 10.6 Å². The summed E-state index contributed by atoms with van der Waals surface area (Å²) in [5, 5.41) is 6.82. The third-order valence-electron chi connectivity index (χ3n) is 4.64. The van der Waals surface area contributed by atoms with Crippen LogP contribution in [0, 0.1) is 0 Å². The number of hydrogen-bond donors (Lipinski definition) is 2. The third kappa shape index (κ3) is 4.37. The molecule has 24 heavy (non-hydrogen) atoms. The van der Waals surface area contributed by atoms with E-state index in [1.165, 1.54) is 5.56 Å². The quantitative estimate of drug-likeness (QED) is 0.885. The molecule has 3 rings (SSSR count). The third-order valence-corrected chi connectivity index (χ3v) is 4.64. The lowest BCUT2D eigenvalue weighted by atomic mass is 9.91. The van der Waals surface area contributed by atoms with Crippen LogP contribution in [0.5, 0.6) is 0 Å². The minimum absolute atomic E-state index is 0. The molecule has 1 fully saturated rings. The summed E-state index contributed by atoms with van der Waals surface area (Å²) in [6.45, 7) is 2.97. The van der Waals surface area contributed by atoms with Crippen LogP contribution < -0.4 is 10.6 Å². The number of halogens is 1. The molecule has 128 valence electrons. The van der Waals surface area contributed by atoms with Crippen LogP contribution in [0.15, 0.2) is 60.7 Å². The fourth-order valence-corrected chi connectivity index (χ4v) is 3.26. The second kappa shape index (κ2) is 8.86. The summed E-state index contributed by atoms with van der Waals surface area (Å²) in [5.41, 5.74) is 2.30. The topological polar surface area (TPSA) is 41.1 Å². The molecule has 0 unspecified atom stereocenters. The van der Waals surface area contributed by atoms with Crippen LogP contribution in [0.2, 0.25) is 0 Å². The van der Waals surface area contributed by atoms with Crippen molar-refractivity contribution in [3.8, 4) is 0 Å². The Morgan fingerprint density at radius 1 is 1.08 bits per heavy atom. The van der Waals surface area contributed by atoms with E-state index < -0.39 is 0 Å². The van der Waals surface area contributed by atoms with Gasteiger partial charge < -0.3 is 10.6 Å². The van der Waals surface area contributed by atoms with Gasteiger partial charge in [-0.15, -0.1) is 12.4 Å². The molecule has 4 heteroatoms. The molecule has 0 spiro atoms. The number of nitrogens with one attached hydrogen (secondary N) is 2. The van der Waals surface area contributed by atoms with Gasteiger partial charge >= 0.3 is 0 Å². The summed E-state index contributed by atoms with van der Waals surface area (Å²) < 4.78 is 0. The minimum Gasteiger partial charge on any atom is -0.351 e. The Kier molecular flexibility index (Phi) is 6.83. The first-order valence-electron chi connectivity index (χ1n) is 8.39. The fraction of sp³-hybridized carbons (Fsp3) is 0.350. The Morgan fingerprint density at radius 2 is 1.71 bits per heavy atom. The Bertz CT molecular complexity index is 633. The number of carbonyl (C=O) groups excluding carboxylic acids is 1. The average molecular weight is 345 g/mol. The zero-order chi connectivity index (χ0) is 16.1.